The van der Waals surface area contributed by atoms with Crippen LogP contribution in [0, 0.1) is 0 Å². The first-order valence-electron chi connectivity index (χ1n) is 9.46. The van der Waals surface area contributed by atoms with Crippen molar-refractivity contribution in [2.24, 2.45) is 0 Å². The number of rotatable bonds is 4. The standard InChI is InChI=1S/C20H23N7O2/c1-21-16-5-3-4-13-10-15(19(29)25-17(13)16)18(28)24-14-11-22-20(23-12-14)27-8-6-26(2)7-9-27/h3-5,10-12,21H,6-9H2,1-2H3,(H,24,28)(H,25,29). The lowest BCUT2D eigenvalue weighted by Crippen LogP contribution is -2.45. The van der Waals surface area contributed by atoms with Crippen molar-refractivity contribution in [3.63, 3.8) is 0 Å². The lowest BCUT2D eigenvalue weighted by atomic mass is 10.1. The normalized spacial score (nSPS) is 14.8. The zero-order chi connectivity index (χ0) is 20.4. The Balaban J connectivity index is 1.52. The second-order valence-corrected chi connectivity index (χ2v) is 7.05. The number of hydrogen-bond acceptors (Lipinski definition) is 7. The van der Waals surface area contributed by atoms with E-state index in [1.807, 2.05) is 18.2 Å². The molecule has 0 unspecified atom stereocenters. The lowest BCUT2D eigenvalue weighted by molar-refractivity contribution is 0.102. The molecule has 3 N–H and O–H groups in total. The maximum Gasteiger partial charge on any atom is 0.261 e. The van der Waals surface area contributed by atoms with Crippen molar-refractivity contribution in [1.82, 2.24) is 19.9 Å². The highest BCUT2D eigenvalue weighted by molar-refractivity contribution is 6.06. The Morgan fingerprint density at radius 3 is 2.55 bits per heavy atom. The molecule has 1 amide bonds. The summed E-state index contributed by atoms with van der Waals surface area (Å²) in [6.45, 7) is 3.65. The molecule has 0 spiro atoms. The molecule has 1 fully saturated rings. The van der Waals surface area contributed by atoms with Gasteiger partial charge in [-0.1, -0.05) is 12.1 Å². The van der Waals surface area contributed by atoms with Gasteiger partial charge in [0, 0.05) is 38.6 Å². The molecule has 0 saturated carbocycles. The highest BCUT2D eigenvalue weighted by Crippen LogP contribution is 2.20. The minimum absolute atomic E-state index is 0.0360. The van der Waals surface area contributed by atoms with Crippen molar-refractivity contribution in [3.8, 4) is 0 Å². The maximum absolute atomic E-state index is 12.6. The number of nitrogens with zero attached hydrogens (tertiary/aromatic N) is 4. The Morgan fingerprint density at radius 2 is 1.86 bits per heavy atom. The summed E-state index contributed by atoms with van der Waals surface area (Å²) in [6, 6.07) is 7.15. The third kappa shape index (κ3) is 3.90. The van der Waals surface area contributed by atoms with Gasteiger partial charge in [-0.2, -0.15) is 0 Å². The monoisotopic (exact) mass is 393 g/mol. The summed E-state index contributed by atoms with van der Waals surface area (Å²) in [5.41, 5.74) is 1.48. The van der Waals surface area contributed by atoms with Crippen molar-refractivity contribution in [2.45, 2.75) is 0 Å². The van der Waals surface area contributed by atoms with E-state index in [4.69, 9.17) is 0 Å². The average Bonchev–Trinajstić information content (AvgIpc) is 2.74. The Hall–Kier alpha value is -3.46. The van der Waals surface area contributed by atoms with Crippen LogP contribution in [0.3, 0.4) is 0 Å². The summed E-state index contributed by atoms with van der Waals surface area (Å²) in [6.07, 6.45) is 3.12. The van der Waals surface area contributed by atoms with E-state index in [1.54, 1.807) is 25.5 Å². The fourth-order valence-electron chi connectivity index (χ4n) is 3.36. The van der Waals surface area contributed by atoms with Crippen LogP contribution in [-0.2, 0) is 0 Å². The number of hydrogen-bond donors (Lipinski definition) is 3. The number of para-hydroxylation sites is 1. The molecule has 1 aliphatic rings. The molecule has 2 aromatic heterocycles. The minimum atomic E-state index is -0.501. The SMILES string of the molecule is CNc1cccc2cc(C(=O)Nc3cnc(N4CCN(C)CC4)nc3)c(=O)[nH]c12. The lowest BCUT2D eigenvalue weighted by Gasteiger charge is -2.32. The van der Waals surface area contributed by atoms with Crippen LogP contribution in [0.15, 0.2) is 41.5 Å². The molecule has 9 nitrogen and oxygen atoms in total. The van der Waals surface area contributed by atoms with Gasteiger partial charge in [0.2, 0.25) is 5.95 Å². The molecule has 1 aromatic carbocycles. The Labute approximate surface area is 167 Å². The smallest absolute Gasteiger partial charge is 0.261 e. The number of pyridine rings is 1. The van der Waals surface area contributed by atoms with Crippen molar-refractivity contribution in [2.75, 3.05) is 55.8 Å². The molecule has 1 aliphatic heterocycles. The van der Waals surface area contributed by atoms with E-state index < -0.39 is 11.5 Å². The first kappa shape index (κ1) is 18.9. The molecule has 4 rings (SSSR count). The number of likely N-dealkylation sites (N-methyl/N-ethyl adjacent to an activating group) is 1. The van der Waals surface area contributed by atoms with E-state index in [0.29, 0.717) is 17.2 Å². The van der Waals surface area contributed by atoms with Crippen LogP contribution in [0.5, 0.6) is 0 Å². The quantitative estimate of drug-likeness (QED) is 0.615. The van der Waals surface area contributed by atoms with Crippen molar-refractivity contribution < 1.29 is 4.79 Å². The predicted octanol–water partition coefficient (Wildman–Crippen LogP) is 1.36. The van der Waals surface area contributed by atoms with Gasteiger partial charge in [0.25, 0.3) is 11.5 Å². The van der Waals surface area contributed by atoms with Crippen LogP contribution < -0.4 is 21.1 Å². The average molecular weight is 393 g/mol. The summed E-state index contributed by atoms with van der Waals surface area (Å²) in [4.78, 5) is 40.9. The number of nitrogens with one attached hydrogen (secondary N) is 3. The van der Waals surface area contributed by atoms with Crippen LogP contribution in [0.1, 0.15) is 10.4 Å². The van der Waals surface area contributed by atoms with E-state index in [9.17, 15) is 9.59 Å². The number of aromatic nitrogens is 3. The number of H-pyrrole nitrogens is 1. The van der Waals surface area contributed by atoms with E-state index in [2.05, 4.69) is 42.4 Å². The van der Waals surface area contributed by atoms with Gasteiger partial charge in [-0.25, -0.2) is 9.97 Å². The van der Waals surface area contributed by atoms with Gasteiger partial charge >= 0.3 is 0 Å². The van der Waals surface area contributed by atoms with Crippen molar-refractivity contribution in [1.29, 1.82) is 0 Å². The zero-order valence-corrected chi connectivity index (χ0v) is 16.4. The molecule has 0 radical (unpaired) electrons. The number of aromatic amines is 1. The van der Waals surface area contributed by atoms with Gasteiger partial charge in [0.1, 0.15) is 5.56 Å². The Kier molecular flexibility index (Phi) is 5.13. The summed E-state index contributed by atoms with van der Waals surface area (Å²) < 4.78 is 0. The highest BCUT2D eigenvalue weighted by Gasteiger charge is 2.17. The maximum atomic E-state index is 12.6. The molecule has 3 heterocycles. The molecule has 9 heteroatoms. The molecule has 150 valence electrons. The number of fused-ring (bicyclic) bond motifs is 1. The molecule has 0 aliphatic carbocycles. The molecule has 1 saturated heterocycles. The zero-order valence-electron chi connectivity index (χ0n) is 16.4. The molecule has 3 aromatic rings. The molecular weight excluding hydrogens is 370 g/mol. The van der Waals surface area contributed by atoms with E-state index in [-0.39, 0.29) is 5.56 Å². The van der Waals surface area contributed by atoms with Gasteiger partial charge in [-0.05, 0) is 19.2 Å². The van der Waals surface area contributed by atoms with Crippen LogP contribution in [0.2, 0.25) is 0 Å². The molecular formula is C20H23N7O2. The van der Waals surface area contributed by atoms with Gasteiger partial charge < -0.3 is 25.4 Å². The van der Waals surface area contributed by atoms with Crippen LogP contribution >= 0.6 is 0 Å². The number of carbonyl (C=O) groups is 1. The first-order valence-corrected chi connectivity index (χ1v) is 9.46. The molecule has 0 bridgehead atoms. The number of anilines is 3. The summed E-state index contributed by atoms with van der Waals surface area (Å²) in [7, 11) is 3.87. The second-order valence-electron chi connectivity index (χ2n) is 7.05. The largest absolute Gasteiger partial charge is 0.386 e. The van der Waals surface area contributed by atoms with E-state index in [1.165, 1.54) is 0 Å². The highest BCUT2D eigenvalue weighted by atomic mass is 16.2. The summed E-state index contributed by atoms with van der Waals surface area (Å²) in [5.74, 6) is 0.137. The first-order chi connectivity index (χ1) is 14.0. The fraction of sp³-hybridized carbons (Fsp3) is 0.300. The Morgan fingerprint density at radius 1 is 1.14 bits per heavy atom. The number of piperazine rings is 1. The van der Waals surface area contributed by atoms with E-state index >= 15 is 0 Å². The third-order valence-electron chi connectivity index (χ3n) is 5.08. The van der Waals surface area contributed by atoms with Crippen molar-refractivity contribution in [3.05, 3.63) is 52.6 Å². The van der Waals surface area contributed by atoms with Crippen LogP contribution in [0.4, 0.5) is 17.3 Å². The number of benzene rings is 1. The predicted molar refractivity (Wildman–Crippen MR) is 114 cm³/mol. The van der Waals surface area contributed by atoms with Gasteiger partial charge in [-0.15, -0.1) is 0 Å². The second kappa shape index (κ2) is 7.88. The molecule has 0 atom stereocenters. The third-order valence-corrected chi connectivity index (χ3v) is 5.08. The van der Waals surface area contributed by atoms with Crippen molar-refractivity contribution >= 4 is 34.1 Å². The topological polar surface area (TPSA) is 106 Å². The summed E-state index contributed by atoms with van der Waals surface area (Å²) >= 11 is 0. The fourth-order valence-corrected chi connectivity index (χ4v) is 3.36. The van der Waals surface area contributed by atoms with Gasteiger partial charge in [0.15, 0.2) is 0 Å². The summed E-state index contributed by atoms with van der Waals surface area (Å²) in [5, 5.41) is 6.50. The van der Waals surface area contributed by atoms with Crippen LogP contribution in [0.25, 0.3) is 10.9 Å². The Bertz CT molecular complexity index is 1090. The molecule has 29 heavy (non-hydrogen) atoms. The van der Waals surface area contributed by atoms with E-state index in [0.717, 1.165) is 37.3 Å². The number of amides is 1. The number of carbonyl (C=O) groups excluding carboxylic acids is 1. The van der Waals surface area contributed by atoms with Crippen LogP contribution in [-0.4, -0.2) is 66.0 Å². The van der Waals surface area contributed by atoms with Gasteiger partial charge in [-0.3, -0.25) is 9.59 Å². The minimum Gasteiger partial charge on any atom is -0.386 e. The van der Waals surface area contributed by atoms with Gasteiger partial charge in [0.05, 0.1) is 29.3 Å².